The lowest BCUT2D eigenvalue weighted by Gasteiger charge is -2.31. The molecule has 3 rings (SSSR count). The maximum Gasteiger partial charge on any atom is 0.150 e. The van der Waals surface area contributed by atoms with Crippen LogP contribution in [0.3, 0.4) is 0 Å². The number of rotatable bonds is 4. The third-order valence-corrected chi connectivity index (χ3v) is 4.22. The Kier molecular flexibility index (Phi) is 3.69. The maximum absolute atomic E-state index is 4.75. The van der Waals surface area contributed by atoms with E-state index in [-0.39, 0.29) is 0 Å². The van der Waals surface area contributed by atoms with Crippen molar-refractivity contribution in [3.05, 3.63) is 17.6 Å². The van der Waals surface area contributed by atoms with Crippen LogP contribution in [0.5, 0.6) is 0 Å². The predicted molar refractivity (Wildman–Crippen MR) is 77.5 cm³/mol. The maximum atomic E-state index is 4.75. The molecule has 1 aliphatic heterocycles. The van der Waals surface area contributed by atoms with Crippen molar-refractivity contribution in [3.8, 4) is 0 Å². The van der Waals surface area contributed by atoms with E-state index >= 15 is 0 Å². The molecule has 1 saturated heterocycles. The molecule has 4 heteroatoms. The van der Waals surface area contributed by atoms with Crippen LogP contribution in [0.4, 0.5) is 5.82 Å². The van der Waals surface area contributed by atoms with Gasteiger partial charge in [0.1, 0.15) is 0 Å². The van der Waals surface area contributed by atoms with E-state index in [9.17, 15) is 0 Å². The quantitative estimate of drug-likeness (QED) is 0.899. The van der Waals surface area contributed by atoms with Crippen molar-refractivity contribution in [3.63, 3.8) is 0 Å². The number of aryl methyl sites for hydroxylation is 2. The second-order valence-corrected chi connectivity index (χ2v) is 6.00. The fourth-order valence-corrected chi connectivity index (χ4v) is 2.93. The molecule has 4 nitrogen and oxygen atoms in total. The Morgan fingerprint density at radius 3 is 2.63 bits per heavy atom. The van der Waals surface area contributed by atoms with Gasteiger partial charge in [0.2, 0.25) is 0 Å². The Morgan fingerprint density at radius 1 is 1.21 bits per heavy atom. The number of hydrogen-bond acceptors (Lipinski definition) is 4. The van der Waals surface area contributed by atoms with Gasteiger partial charge in [-0.1, -0.05) is 0 Å². The molecule has 19 heavy (non-hydrogen) atoms. The van der Waals surface area contributed by atoms with Gasteiger partial charge >= 0.3 is 0 Å². The van der Waals surface area contributed by atoms with Crippen molar-refractivity contribution in [1.29, 1.82) is 0 Å². The largest absolute Gasteiger partial charge is 0.352 e. The van der Waals surface area contributed by atoms with Gasteiger partial charge in [-0.05, 0) is 58.5 Å². The zero-order valence-corrected chi connectivity index (χ0v) is 12.0. The fraction of sp³-hybridized carbons (Fsp3) is 0.733. The minimum Gasteiger partial charge on any atom is -0.352 e. The molecule has 0 unspecified atom stereocenters. The van der Waals surface area contributed by atoms with Crippen LogP contribution in [0.1, 0.15) is 37.1 Å². The molecule has 104 valence electrons. The second-order valence-electron chi connectivity index (χ2n) is 6.00. The van der Waals surface area contributed by atoms with E-state index in [1.54, 1.807) is 0 Å². The van der Waals surface area contributed by atoms with E-state index in [0.29, 0.717) is 6.04 Å². The van der Waals surface area contributed by atoms with Crippen LogP contribution in [0, 0.1) is 19.8 Å². The lowest BCUT2D eigenvalue weighted by Crippen LogP contribution is -2.38. The van der Waals surface area contributed by atoms with E-state index in [4.69, 9.17) is 4.98 Å². The number of nitrogens with zero attached hydrogens (tertiary/aromatic N) is 3. The number of hydrogen-bond donors (Lipinski definition) is 1. The van der Waals surface area contributed by atoms with Gasteiger partial charge in [0.05, 0.1) is 11.4 Å². The Hall–Kier alpha value is -1.16. The molecule has 2 heterocycles. The van der Waals surface area contributed by atoms with Crippen LogP contribution in [0.2, 0.25) is 0 Å². The zero-order chi connectivity index (χ0) is 13.2. The van der Waals surface area contributed by atoms with E-state index in [1.165, 1.54) is 38.8 Å². The molecule has 0 amide bonds. The van der Waals surface area contributed by atoms with Crippen molar-refractivity contribution in [1.82, 2.24) is 15.3 Å². The van der Waals surface area contributed by atoms with E-state index < -0.39 is 0 Å². The van der Waals surface area contributed by atoms with Gasteiger partial charge in [-0.2, -0.15) is 0 Å². The zero-order valence-electron chi connectivity index (χ0n) is 12.0. The standard InChI is InChI=1S/C15H24N4/c1-11-9-17-12(2)15(18-11)19(14-3-4-14)10-13-5-7-16-8-6-13/h9,13-14,16H,3-8,10H2,1-2H3. The highest BCUT2D eigenvalue weighted by atomic mass is 15.2. The second kappa shape index (κ2) is 5.45. The van der Waals surface area contributed by atoms with Crippen molar-refractivity contribution >= 4 is 5.82 Å². The van der Waals surface area contributed by atoms with Crippen LogP contribution < -0.4 is 10.2 Å². The van der Waals surface area contributed by atoms with Gasteiger partial charge in [0, 0.05) is 18.8 Å². The van der Waals surface area contributed by atoms with E-state index in [0.717, 1.165) is 29.7 Å². The van der Waals surface area contributed by atoms with Gasteiger partial charge in [0.25, 0.3) is 0 Å². The average molecular weight is 260 g/mol. The summed E-state index contributed by atoms with van der Waals surface area (Å²) in [5.74, 6) is 1.93. The summed E-state index contributed by atoms with van der Waals surface area (Å²) >= 11 is 0. The van der Waals surface area contributed by atoms with Crippen LogP contribution in [0.25, 0.3) is 0 Å². The molecule has 1 N–H and O–H groups in total. The summed E-state index contributed by atoms with van der Waals surface area (Å²) in [6, 6.07) is 0.713. The minimum absolute atomic E-state index is 0.713. The lowest BCUT2D eigenvalue weighted by atomic mass is 9.97. The van der Waals surface area contributed by atoms with Crippen molar-refractivity contribution < 1.29 is 0 Å². The van der Waals surface area contributed by atoms with Crippen molar-refractivity contribution in [2.75, 3.05) is 24.5 Å². The number of anilines is 1. The SMILES string of the molecule is Cc1cnc(C)c(N(CC2CCNCC2)C2CC2)n1. The predicted octanol–water partition coefficient (Wildman–Crippen LogP) is 2.06. The smallest absolute Gasteiger partial charge is 0.150 e. The van der Waals surface area contributed by atoms with Crippen molar-refractivity contribution in [2.24, 2.45) is 5.92 Å². The molecule has 0 aromatic carbocycles. The number of nitrogens with one attached hydrogen (secondary N) is 1. The molecule has 2 aliphatic rings. The summed E-state index contributed by atoms with van der Waals surface area (Å²) in [7, 11) is 0. The summed E-state index contributed by atoms with van der Waals surface area (Å²) in [5.41, 5.74) is 2.10. The van der Waals surface area contributed by atoms with Gasteiger partial charge in [0.15, 0.2) is 5.82 Å². The molecule has 1 aliphatic carbocycles. The Bertz CT molecular complexity index is 436. The van der Waals surface area contributed by atoms with Crippen LogP contribution in [-0.2, 0) is 0 Å². The van der Waals surface area contributed by atoms with E-state index in [2.05, 4.69) is 22.1 Å². The topological polar surface area (TPSA) is 41.1 Å². The van der Waals surface area contributed by atoms with Gasteiger partial charge in [-0.25, -0.2) is 4.98 Å². The third-order valence-electron chi connectivity index (χ3n) is 4.22. The molecular formula is C15H24N4. The highest BCUT2D eigenvalue weighted by Gasteiger charge is 2.33. The highest BCUT2D eigenvalue weighted by Crippen LogP contribution is 2.33. The molecular weight excluding hydrogens is 236 g/mol. The van der Waals surface area contributed by atoms with Gasteiger partial charge < -0.3 is 10.2 Å². The molecule has 0 spiro atoms. The normalized spacial score (nSPS) is 20.5. The number of piperidine rings is 1. The Labute approximate surface area is 115 Å². The molecule has 1 aromatic heterocycles. The van der Waals surface area contributed by atoms with E-state index in [1.807, 2.05) is 13.1 Å². The van der Waals surface area contributed by atoms with Gasteiger partial charge in [-0.3, -0.25) is 4.98 Å². The van der Waals surface area contributed by atoms with Crippen molar-refractivity contribution in [2.45, 2.75) is 45.6 Å². The van der Waals surface area contributed by atoms with Crippen LogP contribution >= 0.6 is 0 Å². The molecule has 0 bridgehead atoms. The summed E-state index contributed by atoms with van der Waals surface area (Å²) in [6.45, 7) is 7.61. The first-order chi connectivity index (χ1) is 9.24. The molecule has 0 atom stereocenters. The summed E-state index contributed by atoms with van der Waals surface area (Å²) < 4.78 is 0. The summed E-state index contributed by atoms with van der Waals surface area (Å²) in [4.78, 5) is 11.8. The Balaban J connectivity index is 1.78. The molecule has 2 fully saturated rings. The molecule has 0 radical (unpaired) electrons. The molecule has 1 aromatic rings. The first-order valence-corrected chi connectivity index (χ1v) is 7.51. The molecule has 1 saturated carbocycles. The average Bonchev–Trinajstić information content (AvgIpc) is 3.25. The summed E-state index contributed by atoms with van der Waals surface area (Å²) in [6.07, 6.45) is 7.09. The first-order valence-electron chi connectivity index (χ1n) is 7.51. The third kappa shape index (κ3) is 3.06. The lowest BCUT2D eigenvalue weighted by molar-refractivity contribution is 0.371. The van der Waals surface area contributed by atoms with Crippen LogP contribution in [-0.4, -0.2) is 35.6 Å². The fourth-order valence-electron chi connectivity index (χ4n) is 2.93. The monoisotopic (exact) mass is 260 g/mol. The first kappa shape index (κ1) is 12.9. The summed E-state index contributed by atoms with van der Waals surface area (Å²) in [5, 5.41) is 3.45. The van der Waals surface area contributed by atoms with Crippen LogP contribution in [0.15, 0.2) is 6.20 Å². The van der Waals surface area contributed by atoms with Gasteiger partial charge in [-0.15, -0.1) is 0 Å². The Morgan fingerprint density at radius 2 is 1.95 bits per heavy atom. The number of aromatic nitrogens is 2. The highest BCUT2D eigenvalue weighted by molar-refractivity contribution is 5.46. The minimum atomic E-state index is 0.713.